The van der Waals surface area contributed by atoms with Crippen LogP contribution in [-0.2, 0) is 5.75 Å². The Balaban J connectivity index is 1.69. The number of aromatic amines is 1. The number of ether oxygens (including phenoxy) is 1. The molecule has 0 amide bonds. The minimum atomic E-state index is -0.201. The number of nitrogens with one attached hydrogen (secondary N) is 2. The first-order valence-electron chi connectivity index (χ1n) is 7.65. The smallest absolute Gasteiger partial charge is 0.252 e. The highest BCUT2D eigenvalue weighted by molar-refractivity contribution is 8.00. The molecule has 3 aromatic rings. The van der Waals surface area contributed by atoms with Crippen molar-refractivity contribution in [2.45, 2.75) is 23.9 Å². The molecule has 2 heterocycles. The summed E-state index contributed by atoms with van der Waals surface area (Å²) in [7, 11) is 0. The highest BCUT2D eigenvalue weighted by Gasteiger charge is 2.06. The summed E-state index contributed by atoms with van der Waals surface area (Å²) in [5.74, 6) is 1.75. The first kappa shape index (κ1) is 17.4. The van der Waals surface area contributed by atoms with E-state index >= 15 is 0 Å². The van der Waals surface area contributed by atoms with Crippen LogP contribution in [0.5, 0.6) is 5.75 Å². The zero-order valence-electron chi connectivity index (χ0n) is 13.8. The minimum absolute atomic E-state index is 0.201. The second-order valence-corrected chi connectivity index (χ2v) is 7.45. The Morgan fingerprint density at radius 3 is 2.76 bits per heavy atom. The first-order valence-corrected chi connectivity index (χ1v) is 9.45. The number of thioether (sulfide) groups is 1. The molecule has 0 atom stereocenters. The molecule has 3 rings (SSSR count). The molecule has 130 valence electrons. The molecule has 2 N–H and O–H groups in total. The highest BCUT2D eigenvalue weighted by Crippen LogP contribution is 2.25. The summed E-state index contributed by atoms with van der Waals surface area (Å²) in [4.78, 5) is 19.0. The standard InChI is InChI=1S/C16H17N5O2S2/c1-3-23-13-6-4-11(5-7-13)17-15-18-12(8-14(22)19-15)9-24-16-21-20-10(2)25-16/h4-8H,3,9H2,1-2H3,(H2,17,18,19,22). The van der Waals surface area contributed by atoms with Crippen molar-refractivity contribution < 1.29 is 4.74 Å². The maximum absolute atomic E-state index is 11.9. The fraction of sp³-hybridized carbons (Fsp3) is 0.250. The zero-order valence-corrected chi connectivity index (χ0v) is 15.4. The number of aryl methyl sites for hydroxylation is 1. The van der Waals surface area contributed by atoms with Gasteiger partial charge in [0.2, 0.25) is 5.95 Å². The highest BCUT2D eigenvalue weighted by atomic mass is 32.2. The lowest BCUT2D eigenvalue weighted by atomic mass is 10.3. The van der Waals surface area contributed by atoms with Crippen molar-refractivity contribution in [1.29, 1.82) is 0 Å². The lowest BCUT2D eigenvalue weighted by Gasteiger charge is -2.08. The number of rotatable bonds is 7. The number of nitrogens with zero attached hydrogens (tertiary/aromatic N) is 3. The van der Waals surface area contributed by atoms with Crippen molar-refractivity contribution in [1.82, 2.24) is 20.2 Å². The van der Waals surface area contributed by atoms with Gasteiger partial charge in [0.25, 0.3) is 5.56 Å². The minimum Gasteiger partial charge on any atom is -0.494 e. The molecular formula is C16H17N5O2S2. The van der Waals surface area contributed by atoms with Gasteiger partial charge < -0.3 is 10.1 Å². The molecular weight excluding hydrogens is 358 g/mol. The Labute approximate surface area is 152 Å². The summed E-state index contributed by atoms with van der Waals surface area (Å²) in [5.41, 5.74) is 1.29. The lowest BCUT2D eigenvalue weighted by molar-refractivity contribution is 0.340. The van der Waals surface area contributed by atoms with Gasteiger partial charge in [0.15, 0.2) is 4.34 Å². The molecule has 0 aliphatic rings. The van der Waals surface area contributed by atoms with Gasteiger partial charge in [-0.15, -0.1) is 10.2 Å². The van der Waals surface area contributed by atoms with E-state index in [9.17, 15) is 4.79 Å². The average molecular weight is 375 g/mol. The molecule has 2 aromatic heterocycles. The summed E-state index contributed by atoms with van der Waals surface area (Å²) >= 11 is 3.03. The van der Waals surface area contributed by atoms with Crippen molar-refractivity contribution in [3.8, 4) is 5.75 Å². The fourth-order valence-corrected chi connectivity index (χ4v) is 3.76. The van der Waals surface area contributed by atoms with Crippen molar-refractivity contribution in [3.05, 3.63) is 51.4 Å². The number of hydrogen-bond acceptors (Lipinski definition) is 8. The molecule has 0 fully saturated rings. The Bertz CT molecular complexity index is 892. The van der Waals surface area contributed by atoms with Crippen LogP contribution in [0.25, 0.3) is 0 Å². The quantitative estimate of drug-likeness (QED) is 0.612. The van der Waals surface area contributed by atoms with E-state index in [1.54, 1.807) is 0 Å². The van der Waals surface area contributed by atoms with Gasteiger partial charge in [-0.3, -0.25) is 9.78 Å². The fourth-order valence-electron chi connectivity index (χ4n) is 2.05. The second kappa shape index (κ2) is 8.13. The van der Waals surface area contributed by atoms with Crippen LogP contribution in [0, 0.1) is 6.92 Å². The van der Waals surface area contributed by atoms with E-state index < -0.39 is 0 Å². The van der Waals surface area contributed by atoms with Crippen LogP contribution in [0.15, 0.2) is 39.5 Å². The Morgan fingerprint density at radius 2 is 2.08 bits per heavy atom. The van der Waals surface area contributed by atoms with E-state index in [-0.39, 0.29) is 5.56 Å². The van der Waals surface area contributed by atoms with Gasteiger partial charge in [-0.2, -0.15) is 0 Å². The third-order valence-corrected chi connectivity index (χ3v) is 5.08. The maximum atomic E-state index is 11.9. The molecule has 0 aliphatic heterocycles. The molecule has 25 heavy (non-hydrogen) atoms. The van der Waals surface area contributed by atoms with Crippen LogP contribution < -0.4 is 15.6 Å². The van der Waals surface area contributed by atoms with Crippen molar-refractivity contribution in [3.63, 3.8) is 0 Å². The van der Waals surface area contributed by atoms with Gasteiger partial charge in [-0.25, -0.2) is 4.98 Å². The third kappa shape index (κ3) is 5.04. The van der Waals surface area contributed by atoms with E-state index in [0.717, 1.165) is 20.8 Å². The summed E-state index contributed by atoms with van der Waals surface area (Å²) in [5, 5.41) is 12.0. The van der Waals surface area contributed by atoms with Gasteiger partial charge in [-0.05, 0) is 38.1 Å². The number of aromatic nitrogens is 4. The van der Waals surface area contributed by atoms with E-state index in [4.69, 9.17) is 4.74 Å². The van der Waals surface area contributed by atoms with Crippen molar-refractivity contribution >= 4 is 34.7 Å². The molecule has 0 saturated carbocycles. The van der Waals surface area contributed by atoms with Crippen LogP contribution in [0.1, 0.15) is 17.6 Å². The van der Waals surface area contributed by atoms with Crippen molar-refractivity contribution in [2.24, 2.45) is 0 Å². The molecule has 0 aliphatic carbocycles. The van der Waals surface area contributed by atoms with E-state index in [0.29, 0.717) is 24.0 Å². The maximum Gasteiger partial charge on any atom is 0.252 e. The third-order valence-electron chi connectivity index (χ3n) is 3.07. The number of anilines is 2. The van der Waals surface area contributed by atoms with Gasteiger partial charge in [0.05, 0.1) is 12.3 Å². The Hall–Kier alpha value is -2.39. The average Bonchev–Trinajstić information content (AvgIpc) is 3.00. The molecule has 0 radical (unpaired) electrons. The van der Waals surface area contributed by atoms with Crippen molar-refractivity contribution in [2.75, 3.05) is 11.9 Å². The molecule has 9 heteroatoms. The number of H-pyrrole nitrogens is 1. The molecule has 0 saturated heterocycles. The number of benzene rings is 1. The van der Waals surface area contributed by atoms with Crippen LogP contribution in [0.4, 0.5) is 11.6 Å². The molecule has 0 spiro atoms. The molecule has 0 unspecified atom stereocenters. The molecule has 7 nitrogen and oxygen atoms in total. The van der Waals surface area contributed by atoms with Crippen LogP contribution in [0.3, 0.4) is 0 Å². The van der Waals surface area contributed by atoms with Crippen LogP contribution >= 0.6 is 23.1 Å². The Morgan fingerprint density at radius 1 is 1.28 bits per heavy atom. The summed E-state index contributed by atoms with van der Waals surface area (Å²) in [6.07, 6.45) is 0. The summed E-state index contributed by atoms with van der Waals surface area (Å²) in [6, 6.07) is 8.96. The van der Waals surface area contributed by atoms with E-state index in [1.807, 2.05) is 38.1 Å². The van der Waals surface area contributed by atoms with Gasteiger partial charge in [-0.1, -0.05) is 23.1 Å². The summed E-state index contributed by atoms with van der Waals surface area (Å²) in [6.45, 7) is 4.47. The van der Waals surface area contributed by atoms with Gasteiger partial charge >= 0.3 is 0 Å². The van der Waals surface area contributed by atoms with E-state index in [2.05, 4.69) is 25.5 Å². The van der Waals surface area contributed by atoms with Gasteiger partial charge in [0, 0.05) is 17.5 Å². The predicted molar refractivity (Wildman–Crippen MR) is 100.0 cm³/mol. The van der Waals surface area contributed by atoms with Crippen LogP contribution in [-0.4, -0.2) is 26.8 Å². The SMILES string of the molecule is CCOc1ccc(Nc2nc(CSc3nnc(C)s3)cc(=O)[nH]2)cc1. The topological polar surface area (TPSA) is 92.8 Å². The summed E-state index contributed by atoms with van der Waals surface area (Å²) < 4.78 is 6.27. The number of hydrogen-bond donors (Lipinski definition) is 2. The predicted octanol–water partition coefficient (Wildman–Crippen LogP) is 3.36. The first-order chi connectivity index (χ1) is 12.1. The van der Waals surface area contributed by atoms with Crippen LogP contribution in [0.2, 0.25) is 0 Å². The largest absolute Gasteiger partial charge is 0.494 e. The zero-order chi connectivity index (χ0) is 17.6. The monoisotopic (exact) mass is 375 g/mol. The normalized spacial score (nSPS) is 10.6. The molecule has 0 bridgehead atoms. The lowest BCUT2D eigenvalue weighted by Crippen LogP contribution is -2.11. The Kier molecular flexibility index (Phi) is 5.67. The second-order valence-electron chi connectivity index (χ2n) is 5.04. The van der Waals surface area contributed by atoms with E-state index in [1.165, 1.54) is 29.2 Å². The van der Waals surface area contributed by atoms with Gasteiger partial charge in [0.1, 0.15) is 10.8 Å². The molecule has 1 aromatic carbocycles.